The number of hydrogen-bond acceptors (Lipinski definition) is 1. The lowest BCUT2D eigenvalue weighted by atomic mass is 9.68. The highest BCUT2D eigenvalue weighted by Crippen LogP contribution is 2.42. The van der Waals surface area contributed by atoms with E-state index in [-0.39, 0.29) is 0 Å². The Morgan fingerprint density at radius 3 is 1.76 bits per heavy atom. The molecule has 0 atom stereocenters. The highest BCUT2D eigenvalue weighted by Gasteiger charge is 2.30. The molecule has 2 saturated carbocycles. The average molecular weight is 294 g/mol. The Balaban J connectivity index is 1.63. The molecule has 2 aliphatic carbocycles. The van der Waals surface area contributed by atoms with Crippen LogP contribution < -0.4 is 0 Å². The number of carboxylic acid groups (broad SMARTS) is 1. The van der Waals surface area contributed by atoms with Gasteiger partial charge in [0.15, 0.2) is 0 Å². The van der Waals surface area contributed by atoms with Crippen LogP contribution in [0.3, 0.4) is 0 Å². The molecule has 0 bridgehead atoms. The van der Waals surface area contributed by atoms with Gasteiger partial charge < -0.3 is 5.11 Å². The maximum Gasteiger partial charge on any atom is 0.303 e. The molecule has 0 radical (unpaired) electrons. The normalized spacial score (nSPS) is 33.8. The minimum Gasteiger partial charge on any atom is -0.481 e. The van der Waals surface area contributed by atoms with E-state index in [0.717, 1.165) is 24.2 Å². The average Bonchev–Trinajstić information content (AvgIpc) is 2.52. The third-order valence-electron chi connectivity index (χ3n) is 6.18. The van der Waals surface area contributed by atoms with Crippen molar-refractivity contribution in [2.45, 2.75) is 90.4 Å². The van der Waals surface area contributed by atoms with Crippen LogP contribution >= 0.6 is 0 Å². The smallest absolute Gasteiger partial charge is 0.303 e. The van der Waals surface area contributed by atoms with Crippen LogP contribution in [0.15, 0.2) is 0 Å². The summed E-state index contributed by atoms with van der Waals surface area (Å²) < 4.78 is 0. The van der Waals surface area contributed by atoms with Gasteiger partial charge in [-0.25, -0.2) is 0 Å². The molecule has 0 saturated heterocycles. The summed E-state index contributed by atoms with van der Waals surface area (Å²) in [6, 6.07) is 0. The highest BCUT2D eigenvalue weighted by atomic mass is 16.4. The molecule has 0 amide bonds. The maximum atomic E-state index is 10.7. The predicted octanol–water partition coefficient (Wildman–Crippen LogP) is 5.65. The summed E-state index contributed by atoms with van der Waals surface area (Å²) in [7, 11) is 0. The minimum absolute atomic E-state index is 0.373. The maximum absolute atomic E-state index is 10.7. The first-order valence-corrected chi connectivity index (χ1v) is 9.40. The number of carboxylic acids is 1. The summed E-state index contributed by atoms with van der Waals surface area (Å²) in [4.78, 5) is 10.7. The predicted molar refractivity (Wildman–Crippen MR) is 87.3 cm³/mol. The number of aliphatic carboxylic acids is 1. The van der Waals surface area contributed by atoms with Crippen molar-refractivity contribution in [1.29, 1.82) is 0 Å². The van der Waals surface area contributed by atoms with E-state index in [1.165, 1.54) is 70.6 Å². The molecular weight excluding hydrogens is 260 g/mol. The van der Waals surface area contributed by atoms with E-state index in [4.69, 9.17) is 5.11 Å². The number of hydrogen-bond donors (Lipinski definition) is 1. The summed E-state index contributed by atoms with van der Waals surface area (Å²) in [5, 5.41) is 8.79. The standard InChI is InChI=1S/C19H34O2/c1-2-3-4-15-5-10-17(11-6-15)18-12-7-16(8-13-18)9-14-19(20)21/h15-18H,2-14H2,1H3,(H,20,21). The van der Waals surface area contributed by atoms with Crippen LogP contribution in [0.1, 0.15) is 90.4 Å². The first-order chi connectivity index (χ1) is 10.2. The zero-order chi connectivity index (χ0) is 15.1. The second-order valence-electron chi connectivity index (χ2n) is 7.64. The molecule has 2 fully saturated rings. The Morgan fingerprint density at radius 2 is 1.33 bits per heavy atom. The largest absolute Gasteiger partial charge is 0.481 e. The fraction of sp³-hybridized carbons (Fsp3) is 0.947. The molecule has 0 aromatic heterocycles. The highest BCUT2D eigenvalue weighted by molar-refractivity contribution is 5.66. The van der Waals surface area contributed by atoms with Crippen LogP contribution in [0, 0.1) is 23.7 Å². The molecule has 2 aliphatic rings. The van der Waals surface area contributed by atoms with E-state index in [0.29, 0.717) is 12.3 Å². The van der Waals surface area contributed by atoms with Crippen molar-refractivity contribution in [3.05, 3.63) is 0 Å². The molecule has 122 valence electrons. The molecule has 1 N–H and O–H groups in total. The lowest BCUT2D eigenvalue weighted by Gasteiger charge is -2.38. The first-order valence-electron chi connectivity index (χ1n) is 9.40. The molecule has 0 heterocycles. The van der Waals surface area contributed by atoms with E-state index >= 15 is 0 Å². The lowest BCUT2D eigenvalue weighted by Crippen LogP contribution is -2.26. The quantitative estimate of drug-likeness (QED) is 0.658. The van der Waals surface area contributed by atoms with Gasteiger partial charge in [-0.3, -0.25) is 4.79 Å². The third-order valence-corrected chi connectivity index (χ3v) is 6.18. The zero-order valence-corrected chi connectivity index (χ0v) is 13.9. The molecule has 21 heavy (non-hydrogen) atoms. The molecule has 2 rings (SSSR count). The molecule has 0 aromatic rings. The molecule has 0 spiro atoms. The summed E-state index contributed by atoms with van der Waals surface area (Å²) in [6.07, 6.45) is 16.7. The van der Waals surface area contributed by atoms with Crippen LogP contribution in [-0.4, -0.2) is 11.1 Å². The molecule has 2 heteroatoms. The lowest BCUT2D eigenvalue weighted by molar-refractivity contribution is -0.137. The Kier molecular flexibility index (Phi) is 7.06. The van der Waals surface area contributed by atoms with Gasteiger partial charge in [0, 0.05) is 6.42 Å². The van der Waals surface area contributed by atoms with Gasteiger partial charge in [-0.05, 0) is 55.8 Å². The second-order valence-corrected chi connectivity index (χ2v) is 7.64. The summed E-state index contributed by atoms with van der Waals surface area (Å²) in [6.45, 7) is 2.30. The molecule has 2 nitrogen and oxygen atoms in total. The first kappa shape index (κ1) is 16.8. The summed E-state index contributed by atoms with van der Waals surface area (Å²) in [5.74, 6) is 3.04. The molecular formula is C19H34O2. The SMILES string of the molecule is CCCCC1CCC(C2CCC(CCC(=O)O)CC2)CC1. The van der Waals surface area contributed by atoms with Crippen molar-refractivity contribution in [3.63, 3.8) is 0 Å². The Labute approximate surface area is 130 Å². The van der Waals surface area contributed by atoms with E-state index in [1.54, 1.807) is 0 Å². The monoisotopic (exact) mass is 294 g/mol. The minimum atomic E-state index is -0.623. The Hall–Kier alpha value is -0.530. The van der Waals surface area contributed by atoms with Crippen LogP contribution in [0.25, 0.3) is 0 Å². The van der Waals surface area contributed by atoms with Crippen LogP contribution in [-0.2, 0) is 4.79 Å². The van der Waals surface area contributed by atoms with Gasteiger partial charge in [0.2, 0.25) is 0 Å². The molecule has 0 unspecified atom stereocenters. The zero-order valence-electron chi connectivity index (χ0n) is 13.9. The van der Waals surface area contributed by atoms with Gasteiger partial charge in [-0.1, -0.05) is 51.9 Å². The molecule has 0 aromatic carbocycles. The van der Waals surface area contributed by atoms with Crippen molar-refractivity contribution < 1.29 is 9.90 Å². The number of carbonyl (C=O) groups is 1. The van der Waals surface area contributed by atoms with Crippen LogP contribution in [0.4, 0.5) is 0 Å². The van der Waals surface area contributed by atoms with Crippen molar-refractivity contribution in [3.8, 4) is 0 Å². The van der Waals surface area contributed by atoms with Gasteiger partial charge in [0.05, 0.1) is 0 Å². The van der Waals surface area contributed by atoms with E-state index in [1.807, 2.05) is 0 Å². The van der Waals surface area contributed by atoms with Crippen LogP contribution in [0.5, 0.6) is 0 Å². The summed E-state index contributed by atoms with van der Waals surface area (Å²) >= 11 is 0. The fourth-order valence-corrected chi connectivity index (χ4v) is 4.72. The van der Waals surface area contributed by atoms with E-state index in [2.05, 4.69) is 6.92 Å². The van der Waals surface area contributed by atoms with Crippen molar-refractivity contribution in [2.24, 2.45) is 23.7 Å². The topological polar surface area (TPSA) is 37.3 Å². The van der Waals surface area contributed by atoms with Gasteiger partial charge >= 0.3 is 5.97 Å². The van der Waals surface area contributed by atoms with Gasteiger partial charge in [0.1, 0.15) is 0 Å². The molecule has 0 aliphatic heterocycles. The summed E-state index contributed by atoms with van der Waals surface area (Å²) in [5.41, 5.74) is 0. The Bertz CT molecular complexity index is 297. The number of rotatable bonds is 7. The van der Waals surface area contributed by atoms with Crippen LogP contribution in [0.2, 0.25) is 0 Å². The van der Waals surface area contributed by atoms with E-state index < -0.39 is 5.97 Å². The third kappa shape index (κ3) is 5.64. The van der Waals surface area contributed by atoms with Crippen molar-refractivity contribution >= 4 is 5.97 Å². The second kappa shape index (κ2) is 8.80. The fourth-order valence-electron chi connectivity index (χ4n) is 4.72. The van der Waals surface area contributed by atoms with Crippen molar-refractivity contribution in [1.82, 2.24) is 0 Å². The van der Waals surface area contributed by atoms with Gasteiger partial charge in [0.25, 0.3) is 0 Å². The van der Waals surface area contributed by atoms with Crippen molar-refractivity contribution in [2.75, 3.05) is 0 Å². The Morgan fingerprint density at radius 1 is 0.857 bits per heavy atom. The number of unbranched alkanes of at least 4 members (excludes halogenated alkanes) is 1. The van der Waals surface area contributed by atoms with E-state index in [9.17, 15) is 4.79 Å². The van der Waals surface area contributed by atoms with Gasteiger partial charge in [-0.15, -0.1) is 0 Å². The van der Waals surface area contributed by atoms with Gasteiger partial charge in [-0.2, -0.15) is 0 Å².